The standard InChI is InChI=1S/C20H44NO2/c1-5-6-7-8-9-10-11-12-13-14-15-16-17-23-19-21(3,4)18-20(2)22/h20,22H,5-19H2,1-4H3/q+1. The number of hydrogen-bond acceptors (Lipinski definition) is 2. The Balaban J connectivity index is 3.19. The van der Waals surface area contributed by atoms with Gasteiger partial charge < -0.3 is 14.3 Å². The van der Waals surface area contributed by atoms with Crippen LogP contribution in [0.15, 0.2) is 0 Å². The first-order chi connectivity index (χ1) is 11.0. The second kappa shape index (κ2) is 15.4. The second-order valence-corrected chi connectivity index (χ2v) is 7.89. The Morgan fingerprint density at radius 2 is 1.22 bits per heavy atom. The lowest BCUT2D eigenvalue weighted by Gasteiger charge is -2.30. The van der Waals surface area contributed by atoms with E-state index in [0.29, 0.717) is 6.73 Å². The van der Waals surface area contributed by atoms with E-state index in [1.807, 2.05) is 6.92 Å². The molecule has 0 rings (SSSR count). The summed E-state index contributed by atoms with van der Waals surface area (Å²) < 4.78 is 6.48. The van der Waals surface area contributed by atoms with Crippen molar-refractivity contribution in [1.82, 2.24) is 0 Å². The smallest absolute Gasteiger partial charge is 0.182 e. The zero-order valence-electron chi connectivity index (χ0n) is 16.5. The summed E-state index contributed by atoms with van der Waals surface area (Å²) in [5, 5.41) is 9.43. The summed E-state index contributed by atoms with van der Waals surface area (Å²) in [6.45, 7) is 6.42. The van der Waals surface area contributed by atoms with Gasteiger partial charge in [-0.1, -0.05) is 77.6 Å². The third kappa shape index (κ3) is 18.1. The maximum atomic E-state index is 9.43. The molecule has 3 nitrogen and oxygen atoms in total. The van der Waals surface area contributed by atoms with Gasteiger partial charge >= 0.3 is 0 Å². The molecule has 0 fully saturated rings. The number of hydrogen-bond donors (Lipinski definition) is 1. The van der Waals surface area contributed by atoms with Crippen molar-refractivity contribution in [2.45, 2.75) is 97.0 Å². The van der Waals surface area contributed by atoms with Crippen LogP contribution in [0.5, 0.6) is 0 Å². The molecule has 0 spiro atoms. The number of aliphatic hydroxyl groups excluding tert-OH is 1. The van der Waals surface area contributed by atoms with Crippen LogP contribution in [0.3, 0.4) is 0 Å². The zero-order chi connectivity index (χ0) is 17.4. The summed E-state index contributed by atoms with van der Waals surface area (Å²) in [6.07, 6.45) is 16.3. The highest BCUT2D eigenvalue weighted by atomic mass is 16.5. The molecule has 0 heterocycles. The summed E-state index contributed by atoms with van der Waals surface area (Å²) in [6, 6.07) is 0. The summed E-state index contributed by atoms with van der Waals surface area (Å²) in [4.78, 5) is 0. The molecule has 0 saturated heterocycles. The Hall–Kier alpha value is -0.120. The molecule has 0 radical (unpaired) electrons. The van der Waals surface area contributed by atoms with Gasteiger partial charge in [0.25, 0.3) is 0 Å². The SMILES string of the molecule is CCCCCCCCCCCCCCOC[N+](C)(C)CC(C)O. The van der Waals surface area contributed by atoms with Crippen LogP contribution in [0.1, 0.15) is 90.9 Å². The van der Waals surface area contributed by atoms with Crippen molar-refractivity contribution in [3.05, 3.63) is 0 Å². The Kier molecular flexibility index (Phi) is 15.3. The van der Waals surface area contributed by atoms with E-state index in [0.717, 1.165) is 17.6 Å². The van der Waals surface area contributed by atoms with Crippen LogP contribution in [-0.2, 0) is 4.74 Å². The van der Waals surface area contributed by atoms with E-state index >= 15 is 0 Å². The molecule has 3 heteroatoms. The average molecular weight is 331 g/mol. The van der Waals surface area contributed by atoms with Gasteiger partial charge in [-0.25, -0.2) is 0 Å². The minimum atomic E-state index is -0.264. The molecule has 1 N–H and O–H groups in total. The highest BCUT2D eigenvalue weighted by Crippen LogP contribution is 2.12. The van der Waals surface area contributed by atoms with Gasteiger partial charge in [0.15, 0.2) is 6.73 Å². The van der Waals surface area contributed by atoms with Crippen LogP contribution in [0.25, 0.3) is 0 Å². The fourth-order valence-electron chi connectivity index (χ4n) is 3.12. The molecule has 0 aliphatic rings. The van der Waals surface area contributed by atoms with Crippen molar-refractivity contribution in [3.63, 3.8) is 0 Å². The molecule has 0 amide bonds. The number of likely N-dealkylation sites (N-methyl/N-ethyl adjacent to an activating group) is 1. The largest absolute Gasteiger partial charge is 0.388 e. The topological polar surface area (TPSA) is 29.5 Å². The first-order valence-corrected chi connectivity index (χ1v) is 10.1. The lowest BCUT2D eigenvalue weighted by molar-refractivity contribution is -0.912. The lowest BCUT2D eigenvalue weighted by Crippen LogP contribution is -2.46. The average Bonchev–Trinajstić information content (AvgIpc) is 2.46. The van der Waals surface area contributed by atoms with E-state index < -0.39 is 0 Å². The van der Waals surface area contributed by atoms with Crippen LogP contribution < -0.4 is 0 Å². The molecule has 0 aromatic rings. The Labute approximate surface area is 146 Å². The molecule has 0 aliphatic heterocycles. The number of rotatable bonds is 17. The minimum absolute atomic E-state index is 0.264. The molecule has 140 valence electrons. The van der Waals surface area contributed by atoms with Gasteiger partial charge in [-0.15, -0.1) is 0 Å². The van der Waals surface area contributed by atoms with Crippen LogP contribution >= 0.6 is 0 Å². The Morgan fingerprint density at radius 1 is 0.783 bits per heavy atom. The van der Waals surface area contributed by atoms with Gasteiger partial charge in [0.2, 0.25) is 0 Å². The number of aliphatic hydroxyl groups is 1. The van der Waals surface area contributed by atoms with Crippen molar-refractivity contribution < 1.29 is 14.3 Å². The summed E-state index contributed by atoms with van der Waals surface area (Å²) in [7, 11) is 4.21. The minimum Gasteiger partial charge on any atom is -0.388 e. The van der Waals surface area contributed by atoms with Gasteiger partial charge in [0.1, 0.15) is 12.6 Å². The van der Waals surface area contributed by atoms with E-state index in [1.165, 1.54) is 77.0 Å². The molecular formula is C20H44NO2+. The molecule has 1 atom stereocenters. The van der Waals surface area contributed by atoms with Gasteiger partial charge in [-0.05, 0) is 13.3 Å². The summed E-state index contributed by atoms with van der Waals surface area (Å²) >= 11 is 0. The third-order valence-electron chi connectivity index (χ3n) is 4.34. The van der Waals surface area contributed by atoms with Gasteiger partial charge in [-0.2, -0.15) is 0 Å². The van der Waals surface area contributed by atoms with E-state index in [9.17, 15) is 5.11 Å². The molecule has 0 bridgehead atoms. The van der Waals surface area contributed by atoms with Crippen molar-refractivity contribution >= 4 is 0 Å². The summed E-state index contributed by atoms with van der Waals surface area (Å²) in [5.41, 5.74) is 0. The molecular weight excluding hydrogens is 286 g/mol. The van der Waals surface area contributed by atoms with Crippen molar-refractivity contribution in [2.24, 2.45) is 0 Å². The molecule has 0 aromatic heterocycles. The number of ether oxygens (including phenoxy) is 1. The number of nitrogens with zero attached hydrogens (tertiary/aromatic N) is 1. The fourth-order valence-corrected chi connectivity index (χ4v) is 3.12. The first kappa shape index (κ1) is 22.9. The van der Waals surface area contributed by atoms with E-state index in [2.05, 4.69) is 21.0 Å². The van der Waals surface area contributed by atoms with Crippen LogP contribution in [0.4, 0.5) is 0 Å². The maximum absolute atomic E-state index is 9.43. The Morgan fingerprint density at radius 3 is 1.65 bits per heavy atom. The monoisotopic (exact) mass is 330 g/mol. The molecule has 1 unspecified atom stereocenters. The predicted octanol–water partition coefficient (Wildman–Crippen LogP) is 5.12. The Bertz CT molecular complexity index is 242. The quantitative estimate of drug-likeness (QED) is 0.228. The normalized spacial score (nSPS) is 13.4. The summed E-state index contributed by atoms with van der Waals surface area (Å²) in [5.74, 6) is 0. The van der Waals surface area contributed by atoms with Gasteiger partial charge in [0, 0.05) is 0 Å². The predicted molar refractivity (Wildman–Crippen MR) is 101 cm³/mol. The van der Waals surface area contributed by atoms with Crippen molar-refractivity contribution in [1.29, 1.82) is 0 Å². The van der Waals surface area contributed by atoms with Gasteiger partial charge in [0.05, 0.1) is 20.7 Å². The fraction of sp³-hybridized carbons (Fsp3) is 1.00. The number of unbranched alkanes of at least 4 members (excludes halogenated alkanes) is 11. The van der Waals surface area contributed by atoms with E-state index in [1.54, 1.807) is 0 Å². The van der Waals surface area contributed by atoms with Crippen molar-refractivity contribution in [2.75, 3.05) is 34.0 Å². The zero-order valence-corrected chi connectivity index (χ0v) is 16.5. The van der Waals surface area contributed by atoms with Gasteiger partial charge in [-0.3, -0.25) is 0 Å². The van der Waals surface area contributed by atoms with E-state index in [-0.39, 0.29) is 6.10 Å². The second-order valence-electron chi connectivity index (χ2n) is 7.89. The highest BCUT2D eigenvalue weighted by molar-refractivity contribution is 4.48. The lowest BCUT2D eigenvalue weighted by atomic mass is 10.1. The van der Waals surface area contributed by atoms with Crippen LogP contribution in [-0.4, -0.2) is 49.7 Å². The molecule has 23 heavy (non-hydrogen) atoms. The molecule has 0 aliphatic carbocycles. The van der Waals surface area contributed by atoms with Crippen LogP contribution in [0, 0.1) is 0 Å². The van der Waals surface area contributed by atoms with E-state index in [4.69, 9.17) is 4.74 Å². The highest BCUT2D eigenvalue weighted by Gasteiger charge is 2.17. The number of quaternary nitrogens is 1. The first-order valence-electron chi connectivity index (χ1n) is 10.1. The van der Waals surface area contributed by atoms with Crippen LogP contribution in [0.2, 0.25) is 0 Å². The molecule has 0 aromatic carbocycles. The molecule has 0 saturated carbocycles. The maximum Gasteiger partial charge on any atom is 0.182 e. The third-order valence-corrected chi connectivity index (χ3v) is 4.34. The van der Waals surface area contributed by atoms with Crippen molar-refractivity contribution in [3.8, 4) is 0 Å².